The van der Waals surface area contributed by atoms with E-state index in [-0.39, 0.29) is 11.7 Å². The molecule has 146 valence electrons. The van der Waals surface area contributed by atoms with Crippen LogP contribution in [0.5, 0.6) is 0 Å². The van der Waals surface area contributed by atoms with Crippen LogP contribution in [0.15, 0.2) is 28.8 Å². The van der Waals surface area contributed by atoms with Gasteiger partial charge in [-0.15, -0.1) is 0 Å². The molecule has 11 heteroatoms. The molecule has 0 amide bonds. The van der Waals surface area contributed by atoms with Crippen LogP contribution in [-0.4, -0.2) is 65.1 Å². The average molecular weight is 395 g/mol. The smallest absolute Gasteiger partial charge is 0.269 e. The molecule has 0 N–H and O–H groups in total. The van der Waals surface area contributed by atoms with Crippen molar-refractivity contribution in [2.45, 2.75) is 25.4 Å². The lowest BCUT2D eigenvalue weighted by molar-refractivity contribution is -0.384. The zero-order valence-corrected chi connectivity index (χ0v) is 15.9. The van der Waals surface area contributed by atoms with Gasteiger partial charge in [-0.25, -0.2) is 12.7 Å². The molecule has 1 aromatic heterocycles. The number of sulfonamides is 1. The van der Waals surface area contributed by atoms with Crippen molar-refractivity contribution in [2.75, 3.05) is 26.4 Å². The van der Waals surface area contributed by atoms with Gasteiger partial charge in [-0.2, -0.15) is 4.98 Å². The van der Waals surface area contributed by atoms with Gasteiger partial charge in [0.2, 0.25) is 21.7 Å². The maximum Gasteiger partial charge on any atom is 0.269 e. The van der Waals surface area contributed by atoms with Gasteiger partial charge in [0.25, 0.3) is 5.69 Å². The minimum atomic E-state index is -3.18. The van der Waals surface area contributed by atoms with E-state index in [4.69, 9.17) is 4.52 Å². The Morgan fingerprint density at radius 1 is 1.30 bits per heavy atom. The molecule has 0 atom stereocenters. The van der Waals surface area contributed by atoms with Gasteiger partial charge >= 0.3 is 0 Å². The minimum absolute atomic E-state index is 0.00407. The maximum absolute atomic E-state index is 11.6. The molecule has 0 radical (unpaired) electrons. The molecular formula is C16H21N5O5S. The summed E-state index contributed by atoms with van der Waals surface area (Å²) in [7, 11) is -1.57. The highest BCUT2D eigenvalue weighted by molar-refractivity contribution is 7.88. The number of hydrogen-bond acceptors (Lipinski definition) is 8. The molecule has 0 saturated carbocycles. The van der Waals surface area contributed by atoms with E-state index in [1.807, 2.05) is 0 Å². The molecule has 3 rings (SSSR count). The molecule has 0 spiro atoms. The molecular weight excluding hydrogens is 374 g/mol. The first kappa shape index (κ1) is 19.4. The maximum atomic E-state index is 11.6. The highest BCUT2D eigenvalue weighted by Gasteiger charge is 2.27. The summed E-state index contributed by atoms with van der Waals surface area (Å²) in [6.45, 7) is 1.95. The van der Waals surface area contributed by atoms with E-state index >= 15 is 0 Å². The summed E-state index contributed by atoms with van der Waals surface area (Å²) in [6.07, 6.45) is 2.71. The number of rotatable bonds is 6. The quantitative estimate of drug-likeness (QED) is 0.532. The van der Waals surface area contributed by atoms with Crippen molar-refractivity contribution in [2.24, 2.45) is 0 Å². The van der Waals surface area contributed by atoms with Gasteiger partial charge in [0.1, 0.15) is 0 Å². The summed E-state index contributed by atoms with van der Waals surface area (Å²) in [6, 6.07) is 5.97. The zero-order valence-electron chi connectivity index (χ0n) is 15.1. The number of non-ortho nitro benzene ring substituents is 1. The van der Waals surface area contributed by atoms with Crippen LogP contribution in [0, 0.1) is 10.1 Å². The van der Waals surface area contributed by atoms with E-state index < -0.39 is 14.9 Å². The first-order valence-corrected chi connectivity index (χ1v) is 10.3. The number of nitro benzene ring substituents is 1. The molecule has 0 bridgehead atoms. The van der Waals surface area contributed by atoms with E-state index in [2.05, 4.69) is 15.0 Å². The molecule has 27 heavy (non-hydrogen) atoms. The highest BCUT2D eigenvalue weighted by Crippen LogP contribution is 2.22. The van der Waals surface area contributed by atoms with Gasteiger partial charge in [0, 0.05) is 43.9 Å². The molecule has 0 unspecified atom stereocenters. The fourth-order valence-electron chi connectivity index (χ4n) is 3.07. The second kappa shape index (κ2) is 7.71. The van der Waals surface area contributed by atoms with E-state index in [1.54, 1.807) is 19.2 Å². The molecule has 10 nitrogen and oxygen atoms in total. The number of piperidine rings is 1. The van der Waals surface area contributed by atoms with Crippen LogP contribution in [0.25, 0.3) is 11.4 Å². The second-order valence-electron chi connectivity index (χ2n) is 6.60. The van der Waals surface area contributed by atoms with Gasteiger partial charge in [-0.05, 0) is 25.0 Å². The summed E-state index contributed by atoms with van der Waals surface area (Å²) in [5.74, 6) is 0.838. The Morgan fingerprint density at radius 3 is 2.48 bits per heavy atom. The minimum Gasteiger partial charge on any atom is -0.338 e. The largest absolute Gasteiger partial charge is 0.338 e. The van der Waals surface area contributed by atoms with Crippen LogP contribution in [-0.2, 0) is 16.6 Å². The first-order chi connectivity index (χ1) is 12.7. The summed E-state index contributed by atoms with van der Waals surface area (Å²) >= 11 is 0. The van der Waals surface area contributed by atoms with Gasteiger partial charge in [0.05, 0.1) is 17.7 Å². The van der Waals surface area contributed by atoms with Crippen molar-refractivity contribution >= 4 is 15.7 Å². The lowest BCUT2D eigenvalue weighted by atomic mass is 10.1. The average Bonchev–Trinajstić information content (AvgIpc) is 3.09. The third kappa shape index (κ3) is 4.67. The molecule has 1 aromatic carbocycles. The molecule has 2 aromatic rings. The molecule has 1 fully saturated rings. The number of likely N-dealkylation sites (tertiary alicyclic amines) is 1. The first-order valence-electron chi connectivity index (χ1n) is 8.47. The molecule has 2 heterocycles. The third-order valence-corrected chi connectivity index (χ3v) is 6.10. The molecule has 0 aliphatic carbocycles. The number of nitrogens with zero attached hydrogens (tertiary/aromatic N) is 5. The van der Waals surface area contributed by atoms with Crippen LogP contribution in [0.1, 0.15) is 18.7 Å². The zero-order chi connectivity index (χ0) is 19.6. The Hall–Kier alpha value is -2.37. The fourth-order valence-corrected chi connectivity index (χ4v) is 3.82. The van der Waals surface area contributed by atoms with Crippen LogP contribution in [0.2, 0.25) is 0 Å². The van der Waals surface area contributed by atoms with Crippen molar-refractivity contribution in [3.05, 3.63) is 40.3 Å². The molecule has 1 saturated heterocycles. The van der Waals surface area contributed by atoms with E-state index in [0.29, 0.717) is 23.8 Å². The van der Waals surface area contributed by atoms with Gasteiger partial charge in [0.15, 0.2) is 0 Å². The fraction of sp³-hybridized carbons (Fsp3) is 0.500. The SMILES string of the molecule is CN(C1CCN(Cc2nc(-c3ccc([N+](=O)[O-])cc3)no2)CC1)S(C)(=O)=O. The summed E-state index contributed by atoms with van der Waals surface area (Å²) in [5, 5.41) is 14.6. The van der Waals surface area contributed by atoms with Gasteiger partial charge in [-0.3, -0.25) is 15.0 Å². The van der Waals surface area contributed by atoms with Crippen LogP contribution < -0.4 is 0 Å². The Bertz CT molecular complexity index is 904. The van der Waals surface area contributed by atoms with E-state index in [1.165, 1.54) is 22.7 Å². The third-order valence-electron chi connectivity index (χ3n) is 4.76. The van der Waals surface area contributed by atoms with Crippen molar-refractivity contribution in [1.82, 2.24) is 19.3 Å². The summed E-state index contributed by atoms with van der Waals surface area (Å²) < 4.78 is 30.0. The topological polar surface area (TPSA) is 123 Å². The van der Waals surface area contributed by atoms with Crippen molar-refractivity contribution in [3.63, 3.8) is 0 Å². The molecule has 1 aliphatic rings. The predicted octanol–water partition coefficient (Wildman–Crippen LogP) is 1.50. The standard InChI is InChI=1S/C16H21N5O5S/c1-19(27(2,24)25)13-7-9-20(10-8-13)11-15-17-16(18-26-15)12-3-5-14(6-4-12)21(22)23/h3-6,13H,7-11H2,1-2H3. The number of hydrogen-bond donors (Lipinski definition) is 0. The number of benzene rings is 1. The Kier molecular flexibility index (Phi) is 5.53. The summed E-state index contributed by atoms with van der Waals surface area (Å²) in [4.78, 5) is 16.7. The Morgan fingerprint density at radius 2 is 1.93 bits per heavy atom. The van der Waals surface area contributed by atoms with Gasteiger partial charge < -0.3 is 4.52 Å². The van der Waals surface area contributed by atoms with Crippen LogP contribution in [0.3, 0.4) is 0 Å². The lowest BCUT2D eigenvalue weighted by Gasteiger charge is -2.34. The van der Waals surface area contributed by atoms with Gasteiger partial charge in [-0.1, -0.05) is 5.16 Å². The highest BCUT2D eigenvalue weighted by atomic mass is 32.2. The van der Waals surface area contributed by atoms with E-state index in [0.717, 1.165) is 25.9 Å². The van der Waals surface area contributed by atoms with Crippen molar-refractivity contribution in [1.29, 1.82) is 0 Å². The lowest BCUT2D eigenvalue weighted by Crippen LogP contribution is -2.44. The molecule has 1 aliphatic heterocycles. The number of nitro groups is 1. The Labute approximate surface area is 157 Å². The monoisotopic (exact) mass is 395 g/mol. The normalized spacial score (nSPS) is 16.7. The second-order valence-corrected chi connectivity index (χ2v) is 8.64. The van der Waals surface area contributed by atoms with Crippen molar-refractivity contribution in [3.8, 4) is 11.4 Å². The van der Waals surface area contributed by atoms with E-state index in [9.17, 15) is 18.5 Å². The van der Waals surface area contributed by atoms with Crippen LogP contribution >= 0.6 is 0 Å². The summed E-state index contributed by atoms with van der Waals surface area (Å²) in [5.41, 5.74) is 0.647. The van der Waals surface area contributed by atoms with Crippen molar-refractivity contribution < 1.29 is 17.9 Å². The predicted molar refractivity (Wildman–Crippen MR) is 97.3 cm³/mol. The Balaban J connectivity index is 1.58. The van der Waals surface area contributed by atoms with Crippen LogP contribution in [0.4, 0.5) is 5.69 Å². The number of aromatic nitrogens is 2.